The number of amides is 2. The van der Waals surface area contributed by atoms with E-state index < -0.39 is 17.1 Å². The maximum atomic E-state index is 15.4. The summed E-state index contributed by atoms with van der Waals surface area (Å²) in [6.07, 6.45) is 9.87. The SMILES string of the molecule is COc1cc(F)c(OC2CCC(C)(C(=O)OCc3cccc4ccccc34)CC2)cc1C(=O)N[C@H]1[C@@H](C(=O)N[C@@H]2CCCC2(C)C)[C@@H]2C=C[C@H]1C2. The van der Waals surface area contributed by atoms with E-state index in [1.54, 1.807) is 0 Å². The molecule has 2 bridgehead atoms. The van der Waals surface area contributed by atoms with Crippen molar-refractivity contribution in [2.75, 3.05) is 7.11 Å². The van der Waals surface area contributed by atoms with Crippen LogP contribution < -0.4 is 20.1 Å². The van der Waals surface area contributed by atoms with Gasteiger partial charge in [0.25, 0.3) is 5.91 Å². The molecule has 0 heterocycles. The van der Waals surface area contributed by atoms with Crippen molar-refractivity contribution in [3.8, 4) is 11.5 Å². The predicted molar refractivity (Wildman–Crippen MR) is 193 cm³/mol. The number of fused-ring (bicyclic) bond motifs is 3. The molecule has 0 aromatic heterocycles. The van der Waals surface area contributed by atoms with Crippen LogP contribution in [0.4, 0.5) is 4.39 Å². The molecule has 4 aliphatic carbocycles. The second kappa shape index (κ2) is 14.0. The number of nitrogens with one attached hydrogen (secondary N) is 2. The monoisotopic (exact) mass is 696 g/mol. The van der Waals surface area contributed by atoms with Crippen molar-refractivity contribution in [2.24, 2.45) is 28.6 Å². The number of carbonyl (C=O) groups excluding carboxylic acids is 3. The van der Waals surface area contributed by atoms with Crippen molar-refractivity contribution in [1.29, 1.82) is 0 Å². The van der Waals surface area contributed by atoms with E-state index in [0.29, 0.717) is 25.7 Å². The van der Waals surface area contributed by atoms with Gasteiger partial charge in [-0.1, -0.05) is 74.9 Å². The first-order valence-corrected chi connectivity index (χ1v) is 18.4. The fourth-order valence-corrected chi connectivity index (χ4v) is 8.91. The number of esters is 1. The maximum Gasteiger partial charge on any atom is 0.312 e. The Balaban J connectivity index is 0.987. The number of rotatable bonds is 10. The Morgan fingerprint density at radius 2 is 1.63 bits per heavy atom. The van der Waals surface area contributed by atoms with Crippen LogP contribution in [0, 0.1) is 34.4 Å². The Bertz CT molecular complexity index is 1840. The second-order valence-electron chi connectivity index (χ2n) is 16.0. The van der Waals surface area contributed by atoms with E-state index in [9.17, 15) is 14.4 Å². The Morgan fingerprint density at radius 1 is 0.882 bits per heavy atom. The molecule has 3 saturated carbocycles. The van der Waals surface area contributed by atoms with Crippen LogP contribution >= 0.6 is 0 Å². The van der Waals surface area contributed by atoms with Crippen LogP contribution in [0.3, 0.4) is 0 Å². The molecule has 7 rings (SSSR count). The Kier molecular flexibility index (Phi) is 9.59. The lowest BCUT2D eigenvalue weighted by Gasteiger charge is -2.35. The summed E-state index contributed by atoms with van der Waals surface area (Å²) in [5.74, 6) is -1.56. The van der Waals surface area contributed by atoms with Gasteiger partial charge in [0.15, 0.2) is 11.6 Å². The minimum absolute atomic E-state index is 0.0195. The lowest BCUT2D eigenvalue weighted by Crippen LogP contribution is -2.52. The number of hydrogen-bond acceptors (Lipinski definition) is 6. The highest BCUT2D eigenvalue weighted by molar-refractivity contribution is 5.98. The van der Waals surface area contributed by atoms with Gasteiger partial charge in [0.1, 0.15) is 12.4 Å². The van der Waals surface area contributed by atoms with Gasteiger partial charge in [0.05, 0.1) is 30.1 Å². The Hall–Kier alpha value is -4.40. The lowest BCUT2D eigenvalue weighted by atomic mass is 9.74. The number of ether oxygens (including phenoxy) is 3. The smallest absolute Gasteiger partial charge is 0.312 e. The topological polar surface area (TPSA) is 103 Å². The van der Waals surface area contributed by atoms with E-state index in [1.807, 2.05) is 49.4 Å². The number of allylic oxidation sites excluding steroid dienone is 1. The molecule has 2 amide bonds. The van der Waals surface area contributed by atoms with E-state index in [2.05, 4.69) is 36.6 Å². The summed E-state index contributed by atoms with van der Waals surface area (Å²) < 4.78 is 32.8. The molecule has 3 aromatic rings. The highest BCUT2D eigenvalue weighted by atomic mass is 19.1. The molecule has 4 aliphatic rings. The fraction of sp³-hybridized carbons (Fsp3) is 0.500. The zero-order chi connectivity index (χ0) is 35.9. The molecular formula is C42H49FN2O6. The van der Waals surface area contributed by atoms with Crippen LogP contribution in [0.2, 0.25) is 0 Å². The molecule has 0 spiro atoms. The first-order chi connectivity index (χ1) is 24.5. The Labute approximate surface area is 299 Å². The van der Waals surface area contributed by atoms with E-state index in [0.717, 1.165) is 42.0 Å². The van der Waals surface area contributed by atoms with Gasteiger partial charge in [-0.25, -0.2) is 4.39 Å². The van der Waals surface area contributed by atoms with E-state index in [4.69, 9.17) is 14.2 Å². The number of benzene rings is 3. The molecular weight excluding hydrogens is 647 g/mol. The Morgan fingerprint density at radius 3 is 2.37 bits per heavy atom. The third kappa shape index (κ3) is 6.96. The summed E-state index contributed by atoms with van der Waals surface area (Å²) >= 11 is 0. The molecule has 51 heavy (non-hydrogen) atoms. The largest absolute Gasteiger partial charge is 0.496 e. The maximum absolute atomic E-state index is 15.4. The van der Waals surface area contributed by atoms with Crippen LogP contribution in [-0.4, -0.2) is 43.1 Å². The average molecular weight is 697 g/mol. The van der Waals surface area contributed by atoms with Gasteiger partial charge in [-0.3, -0.25) is 14.4 Å². The van der Waals surface area contributed by atoms with Crippen molar-refractivity contribution in [3.05, 3.63) is 83.7 Å². The van der Waals surface area contributed by atoms with Gasteiger partial charge < -0.3 is 24.8 Å². The molecule has 0 aliphatic heterocycles. The lowest BCUT2D eigenvalue weighted by molar-refractivity contribution is -0.159. The predicted octanol–water partition coefficient (Wildman–Crippen LogP) is 7.67. The average Bonchev–Trinajstić information content (AvgIpc) is 3.83. The third-order valence-corrected chi connectivity index (χ3v) is 12.2. The van der Waals surface area contributed by atoms with Gasteiger partial charge in [-0.05, 0) is 91.5 Å². The van der Waals surface area contributed by atoms with Crippen LogP contribution in [0.5, 0.6) is 11.5 Å². The molecule has 9 heteroatoms. The molecule has 8 nitrogen and oxygen atoms in total. The summed E-state index contributed by atoms with van der Waals surface area (Å²) in [7, 11) is 1.40. The summed E-state index contributed by atoms with van der Waals surface area (Å²) in [4.78, 5) is 40.8. The number of halogens is 1. The summed E-state index contributed by atoms with van der Waals surface area (Å²) in [5, 5.41) is 8.59. The van der Waals surface area contributed by atoms with Crippen LogP contribution in [-0.2, 0) is 20.9 Å². The normalized spacial score (nSPS) is 29.1. The van der Waals surface area contributed by atoms with Crippen LogP contribution in [0.1, 0.15) is 88.1 Å². The molecule has 270 valence electrons. The van der Waals surface area contributed by atoms with Crippen molar-refractivity contribution in [2.45, 2.75) is 96.9 Å². The van der Waals surface area contributed by atoms with Crippen molar-refractivity contribution < 1.29 is 33.0 Å². The molecule has 0 unspecified atom stereocenters. The number of methoxy groups -OCH3 is 1. The highest BCUT2D eigenvalue weighted by Crippen LogP contribution is 2.45. The van der Waals surface area contributed by atoms with Crippen LogP contribution in [0.25, 0.3) is 10.8 Å². The van der Waals surface area contributed by atoms with Crippen LogP contribution in [0.15, 0.2) is 66.7 Å². The van der Waals surface area contributed by atoms with E-state index in [-0.39, 0.29) is 76.9 Å². The standard InChI is InChI=1S/C42H49FN2O6/c1-41(2)18-8-13-35(41)44-39(47)36-26-14-15-27(21-26)37(36)45-38(46)31-22-34(32(43)23-33(31)49-4)51-29-16-19-42(3,20-17-29)40(48)50-24-28-11-7-10-25-9-5-6-12-30(25)28/h5-7,9-12,14-15,22-23,26-27,29,35-37H,8,13,16-21,24H2,1-4H3,(H,44,47)(H,45,46)/t26-,27+,29?,35-,36+,37-,42?/m1/s1. The van der Waals surface area contributed by atoms with Gasteiger partial charge in [-0.2, -0.15) is 0 Å². The molecule has 2 N–H and O–H groups in total. The molecule has 3 aromatic carbocycles. The molecule has 0 saturated heterocycles. The molecule has 0 radical (unpaired) electrons. The van der Waals surface area contributed by atoms with Gasteiger partial charge >= 0.3 is 5.97 Å². The molecule has 5 atom stereocenters. The van der Waals surface area contributed by atoms with Crippen molar-refractivity contribution >= 4 is 28.6 Å². The second-order valence-corrected chi connectivity index (χ2v) is 16.0. The van der Waals surface area contributed by atoms with Crippen molar-refractivity contribution in [3.63, 3.8) is 0 Å². The summed E-state index contributed by atoms with van der Waals surface area (Å²) in [5.41, 5.74) is 0.465. The van der Waals surface area contributed by atoms with E-state index >= 15 is 4.39 Å². The quantitative estimate of drug-likeness (QED) is 0.167. The zero-order valence-corrected chi connectivity index (χ0v) is 30.0. The summed E-state index contributed by atoms with van der Waals surface area (Å²) in [6.45, 7) is 6.50. The first kappa shape index (κ1) is 35.0. The highest BCUT2D eigenvalue weighted by Gasteiger charge is 2.50. The van der Waals surface area contributed by atoms with Crippen molar-refractivity contribution in [1.82, 2.24) is 10.6 Å². The minimum Gasteiger partial charge on any atom is -0.496 e. The number of hydrogen-bond donors (Lipinski definition) is 2. The zero-order valence-electron chi connectivity index (χ0n) is 30.0. The molecule has 3 fully saturated rings. The first-order valence-electron chi connectivity index (χ1n) is 18.4. The van der Waals surface area contributed by atoms with E-state index in [1.165, 1.54) is 19.2 Å². The minimum atomic E-state index is -0.681. The summed E-state index contributed by atoms with van der Waals surface area (Å²) in [6, 6.07) is 16.3. The fourth-order valence-electron chi connectivity index (χ4n) is 8.91. The van der Waals surface area contributed by atoms with Gasteiger partial charge in [0.2, 0.25) is 5.91 Å². The van der Waals surface area contributed by atoms with Gasteiger partial charge in [0, 0.05) is 18.2 Å². The third-order valence-electron chi connectivity index (χ3n) is 12.2. The van der Waals surface area contributed by atoms with Gasteiger partial charge in [-0.15, -0.1) is 0 Å². The number of carbonyl (C=O) groups is 3.